The largest absolute Gasteiger partial charge is 0.326 e. The summed E-state index contributed by atoms with van der Waals surface area (Å²) in [5, 5.41) is 8.54. The zero-order valence-corrected chi connectivity index (χ0v) is 12.1. The summed E-state index contributed by atoms with van der Waals surface area (Å²) in [4.78, 5) is 11.5. The Labute approximate surface area is 115 Å². The lowest BCUT2D eigenvalue weighted by Gasteiger charge is -2.05. The number of hydrogen-bond acceptors (Lipinski definition) is 3. The quantitative estimate of drug-likeness (QED) is 0.614. The third kappa shape index (κ3) is 5.16. The van der Waals surface area contributed by atoms with Gasteiger partial charge in [-0.1, -0.05) is 15.9 Å². The van der Waals surface area contributed by atoms with E-state index in [4.69, 9.17) is 5.14 Å². The molecule has 0 unspecified atom stereocenters. The van der Waals surface area contributed by atoms with E-state index in [1.807, 2.05) is 0 Å². The monoisotopic (exact) mass is 334 g/mol. The number of benzene rings is 1. The van der Waals surface area contributed by atoms with Crippen molar-refractivity contribution in [3.63, 3.8) is 0 Å². The zero-order chi connectivity index (χ0) is 13.6. The first-order chi connectivity index (χ1) is 8.43. The fourth-order valence-corrected chi connectivity index (χ4v) is 2.24. The van der Waals surface area contributed by atoms with Gasteiger partial charge in [0.2, 0.25) is 15.9 Å². The molecule has 1 aromatic carbocycles. The highest BCUT2D eigenvalue weighted by Crippen LogP contribution is 2.13. The minimum absolute atomic E-state index is 0.0276. The molecular weight excluding hydrogens is 320 g/mol. The fourth-order valence-electron chi connectivity index (χ4n) is 1.33. The average molecular weight is 335 g/mol. The molecule has 7 heteroatoms. The number of carbonyl (C=O) groups excluding carboxylic acids is 1. The number of hydrogen-bond donors (Lipinski definition) is 2. The topological polar surface area (TPSA) is 89.3 Å². The maximum atomic E-state index is 11.5. The highest BCUT2D eigenvalue weighted by molar-refractivity contribution is 9.09. The fraction of sp³-hybridized carbons (Fsp3) is 0.364. The van der Waals surface area contributed by atoms with E-state index in [9.17, 15) is 13.2 Å². The van der Waals surface area contributed by atoms with Crippen LogP contribution in [0.5, 0.6) is 0 Å². The predicted octanol–water partition coefficient (Wildman–Crippen LogP) is 1.84. The first-order valence-corrected chi connectivity index (χ1v) is 8.09. The van der Waals surface area contributed by atoms with Gasteiger partial charge in [0.15, 0.2) is 0 Å². The van der Waals surface area contributed by atoms with Crippen LogP contribution in [0.4, 0.5) is 5.69 Å². The molecule has 0 bridgehead atoms. The Morgan fingerprint density at radius 2 is 1.83 bits per heavy atom. The van der Waals surface area contributed by atoms with Crippen molar-refractivity contribution in [1.29, 1.82) is 0 Å². The summed E-state index contributed by atoms with van der Waals surface area (Å²) in [7, 11) is -3.68. The summed E-state index contributed by atoms with van der Waals surface area (Å²) in [6.07, 6.45) is 2.20. The second-order valence-electron chi connectivity index (χ2n) is 3.76. The van der Waals surface area contributed by atoms with Crippen LogP contribution in [-0.4, -0.2) is 19.7 Å². The number of sulfonamides is 1. The van der Waals surface area contributed by atoms with Crippen LogP contribution in [0, 0.1) is 0 Å². The van der Waals surface area contributed by atoms with E-state index in [0.717, 1.165) is 18.2 Å². The Balaban J connectivity index is 2.56. The van der Waals surface area contributed by atoms with E-state index < -0.39 is 10.0 Å². The van der Waals surface area contributed by atoms with Gasteiger partial charge in [-0.05, 0) is 37.1 Å². The summed E-state index contributed by atoms with van der Waals surface area (Å²) in [5.41, 5.74) is 0.561. The SMILES string of the molecule is NS(=O)(=O)c1ccc(NC(=O)CCCCBr)cc1. The molecule has 18 heavy (non-hydrogen) atoms. The number of halogens is 1. The normalized spacial score (nSPS) is 11.2. The van der Waals surface area contributed by atoms with Gasteiger partial charge >= 0.3 is 0 Å². The second kappa shape index (κ2) is 6.86. The van der Waals surface area contributed by atoms with Gasteiger partial charge in [-0.2, -0.15) is 0 Å². The van der Waals surface area contributed by atoms with E-state index in [1.54, 1.807) is 0 Å². The minimum atomic E-state index is -3.68. The van der Waals surface area contributed by atoms with E-state index >= 15 is 0 Å². The van der Waals surface area contributed by atoms with Crippen molar-refractivity contribution in [2.24, 2.45) is 5.14 Å². The lowest BCUT2D eigenvalue weighted by atomic mass is 10.2. The van der Waals surface area contributed by atoms with Crippen LogP contribution in [-0.2, 0) is 14.8 Å². The molecule has 0 aliphatic heterocycles. The molecule has 0 aromatic heterocycles. The molecule has 1 rings (SSSR count). The van der Waals surface area contributed by atoms with Crippen molar-refractivity contribution in [3.8, 4) is 0 Å². The summed E-state index contributed by atoms with van der Waals surface area (Å²) in [6.45, 7) is 0. The number of unbranched alkanes of at least 4 members (excludes halogenated alkanes) is 1. The molecule has 0 heterocycles. The van der Waals surface area contributed by atoms with Crippen molar-refractivity contribution in [2.75, 3.05) is 10.6 Å². The van der Waals surface area contributed by atoms with Crippen LogP contribution in [0.25, 0.3) is 0 Å². The van der Waals surface area contributed by atoms with E-state index in [0.29, 0.717) is 12.1 Å². The first kappa shape index (κ1) is 15.1. The van der Waals surface area contributed by atoms with Crippen LogP contribution in [0.3, 0.4) is 0 Å². The molecular formula is C11H15BrN2O3S. The molecule has 100 valence electrons. The van der Waals surface area contributed by atoms with Crippen LogP contribution in [0.15, 0.2) is 29.2 Å². The Morgan fingerprint density at radius 1 is 1.22 bits per heavy atom. The van der Waals surface area contributed by atoms with Gasteiger partial charge in [-0.25, -0.2) is 13.6 Å². The Bertz CT molecular complexity index is 500. The maximum absolute atomic E-state index is 11.5. The Hall–Kier alpha value is -0.920. The molecule has 0 spiro atoms. The minimum Gasteiger partial charge on any atom is -0.326 e. The van der Waals surface area contributed by atoms with Crippen LogP contribution in [0.1, 0.15) is 19.3 Å². The summed E-state index contributed by atoms with van der Waals surface area (Å²) < 4.78 is 22.1. The molecule has 0 aliphatic rings. The molecule has 0 saturated carbocycles. The van der Waals surface area contributed by atoms with Gasteiger partial charge in [-0.3, -0.25) is 4.79 Å². The van der Waals surface area contributed by atoms with E-state index in [2.05, 4.69) is 21.2 Å². The highest BCUT2D eigenvalue weighted by atomic mass is 79.9. The zero-order valence-electron chi connectivity index (χ0n) is 9.73. The molecule has 3 N–H and O–H groups in total. The van der Waals surface area contributed by atoms with Gasteiger partial charge in [0.25, 0.3) is 0 Å². The number of nitrogens with one attached hydrogen (secondary N) is 1. The van der Waals surface area contributed by atoms with Crippen molar-refractivity contribution in [2.45, 2.75) is 24.2 Å². The average Bonchev–Trinajstić information content (AvgIpc) is 2.29. The van der Waals surface area contributed by atoms with Crippen LogP contribution in [0.2, 0.25) is 0 Å². The number of rotatable bonds is 6. The molecule has 0 atom stereocenters. The van der Waals surface area contributed by atoms with Gasteiger partial charge in [0.1, 0.15) is 0 Å². The standard InChI is InChI=1S/C11H15BrN2O3S/c12-8-2-1-3-11(15)14-9-4-6-10(7-5-9)18(13,16)17/h4-7H,1-3,8H2,(H,14,15)(H2,13,16,17). The summed E-state index contributed by atoms with van der Waals surface area (Å²) in [6, 6.07) is 5.76. The van der Waals surface area contributed by atoms with E-state index in [1.165, 1.54) is 24.3 Å². The lowest BCUT2D eigenvalue weighted by molar-refractivity contribution is -0.116. The second-order valence-corrected chi connectivity index (χ2v) is 6.12. The van der Waals surface area contributed by atoms with Crippen LogP contribution >= 0.6 is 15.9 Å². The first-order valence-electron chi connectivity index (χ1n) is 5.42. The molecule has 0 radical (unpaired) electrons. The Morgan fingerprint density at radius 3 is 2.33 bits per heavy atom. The number of nitrogens with two attached hydrogens (primary N) is 1. The van der Waals surface area contributed by atoms with Crippen molar-refractivity contribution < 1.29 is 13.2 Å². The predicted molar refractivity (Wildman–Crippen MR) is 74.1 cm³/mol. The third-order valence-electron chi connectivity index (χ3n) is 2.25. The van der Waals surface area contributed by atoms with Gasteiger partial charge < -0.3 is 5.32 Å². The summed E-state index contributed by atoms with van der Waals surface area (Å²) >= 11 is 3.29. The van der Waals surface area contributed by atoms with Gasteiger partial charge in [0.05, 0.1) is 4.90 Å². The molecule has 0 saturated heterocycles. The number of amides is 1. The van der Waals surface area contributed by atoms with Crippen molar-refractivity contribution >= 4 is 37.5 Å². The molecule has 5 nitrogen and oxygen atoms in total. The number of carbonyl (C=O) groups is 1. The summed E-state index contributed by atoms with van der Waals surface area (Å²) in [5.74, 6) is -0.0840. The Kier molecular flexibility index (Phi) is 5.77. The molecule has 1 aromatic rings. The molecule has 0 fully saturated rings. The number of primary sulfonamides is 1. The van der Waals surface area contributed by atoms with E-state index in [-0.39, 0.29) is 10.8 Å². The molecule has 0 aliphatic carbocycles. The smallest absolute Gasteiger partial charge is 0.238 e. The number of alkyl halides is 1. The lowest BCUT2D eigenvalue weighted by Crippen LogP contribution is -2.13. The number of anilines is 1. The highest BCUT2D eigenvalue weighted by Gasteiger charge is 2.07. The van der Waals surface area contributed by atoms with Crippen molar-refractivity contribution in [1.82, 2.24) is 0 Å². The maximum Gasteiger partial charge on any atom is 0.238 e. The van der Waals surface area contributed by atoms with Gasteiger partial charge in [0, 0.05) is 17.4 Å². The van der Waals surface area contributed by atoms with Gasteiger partial charge in [-0.15, -0.1) is 0 Å². The molecule has 1 amide bonds. The van der Waals surface area contributed by atoms with Crippen molar-refractivity contribution in [3.05, 3.63) is 24.3 Å². The third-order valence-corrected chi connectivity index (χ3v) is 3.74. The van der Waals surface area contributed by atoms with Crippen LogP contribution < -0.4 is 10.5 Å².